The highest BCUT2D eigenvalue weighted by atomic mass is 16.4. The van der Waals surface area contributed by atoms with Crippen LogP contribution in [0.25, 0.3) is 0 Å². The molecule has 1 aromatic carbocycles. The Bertz CT molecular complexity index is 465. The summed E-state index contributed by atoms with van der Waals surface area (Å²) in [4.78, 5) is 16.0. The topological polar surface area (TPSA) is 43.8 Å². The molecule has 0 aliphatic carbocycles. The summed E-state index contributed by atoms with van der Waals surface area (Å²) >= 11 is 0. The fraction of sp³-hybridized carbons (Fsp3) is 0.533. The smallest absolute Gasteiger partial charge is 0.325 e. The van der Waals surface area contributed by atoms with Gasteiger partial charge in [-0.15, -0.1) is 0 Å². The number of rotatable bonds is 3. The predicted molar refractivity (Wildman–Crippen MR) is 75.4 cm³/mol. The summed E-state index contributed by atoms with van der Waals surface area (Å²) in [6, 6.07) is 5.53. The van der Waals surface area contributed by atoms with Gasteiger partial charge in [0.25, 0.3) is 0 Å². The summed E-state index contributed by atoms with van der Waals surface area (Å²) in [6.45, 7) is 7.46. The van der Waals surface area contributed by atoms with Crippen molar-refractivity contribution >= 4 is 5.97 Å². The Kier molecular flexibility index (Phi) is 4.22. The number of aryl methyl sites for hydroxylation is 2. The Labute approximate surface area is 114 Å². The van der Waals surface area contributed by atoms with Crippen molar-refractivity contribution in [2.75, 3.05) is 33.2 Å². The van der Waals surface area contributed by atoms with Gasteiger partial charge in [0.2, 0.25) is 0 Å². The van der Waals surface area contributed by atoms with Gasteiger partial charge in [-0.25, -0.2) is 0 Å². The molecule has 0 bridgehead atoms. The summed E-state index contributed by atoms with van der Waals surface area (Å²) in [6.07, 6.45) is 0. The molecule has 1 atom stereocenters. The van der Waals surface area contributed by atoms with Gasteiger partial charge < -0.3 is 10.0 Å². The number of piperazine rings is 1. The molecule has 1 N–H and O–H groups in total. The second-order valence-corrected chi connectivity index (χ2v) is 5.44. The molecule has 1 unspecified atom stereocenters. The molecule has 4 nitrogen and oxygen atoms in total. The van der Waals surface area contributed by atoms with E-state index in [0.717, 1.165) is 42.9 Å². The van der Waals surface area contributed by atoms with Crippen molar-refractivity contribution in [3.05, 3.63) is 34.9 Å². The Hall–Kier alpha value is -1.39. The first kappa shape index (κ1) is 14.0. The zero-order valence-electron chi connectivity index (χ0n) is 11.9. The zero-order valence-corrected chi connectivity index (χ0v) is 11.9. The maximum atomic E-state index is 11.7. The lowest BCUT2D eigenvalue weighted by Crippen LogP contribution is -2.48. The van der Waals surface area contributed by atoms with Crippen molar-refractivity contribution in [2.45, 2.75) is 19.9 Å². The van der Waals surface area contributed by atoms with Crippen LogP contribution in [0.4, 0.5) is 0 Å². The second kappa shape index (κ2) is 5.72. The molecule has 0 amide bonds. The third-order valence-electron chi connectivity index (χ3n) is 3.87. The van der Waals surface area contributed by atoms with E-state index < -0.39 is 12.0 Å². The van der Waals surface area contributed by atoms with Gasteiger partial charge in [0, 0.05) is 26.2 Å². The molecule has 19 heavy (non-hydrogen) atoms. The molecule has 0 saturated carbocycles. The number of carboxylic acids is 1. The largest absolute Gasteiger partial charge is 0.480 e. The molecule has 1 aliphatic rings. The summed E-state index contributed by atoms with van der Waals surface area (Å²) < 4.78 is 0. The minimum Gasteiger partial charge on any atom is -0.480 e. The number of carbonyl (C=O) groups is 1. The molecule has 1 saturated heterocycles. The lowest BCUT2D eigenvalue weighted by atomic mass is 9.97. The summed E-state index contributed by atoms with van der Waals surface area (Å²) in [5.41, 5.74) is 3.09. The van der Waals surface area contributed by atoms with Crippen molar-refractivity contribution in [3.8, 4) is 0 Å². The first-order valence-corrected chi connectivity index (χ1v) is 6.71. The molecule has 1 fully saturated rings. The van der Waals surface area contributed by atoms with Crippen molar-refractivity contribution in [3.63, 3.8) is 0 Å². The number of aliphatic carboxylic acids is 1. The molecule has 104 valence electrons. The van der Waals surface area contributed by atoms with Crippen molar-refractivity contribution < 1.29 is 9.90 Å². The van der Waals surface area contributed by atoms with Gasteiger partial charge >= 0.3 is 5.97 Å². The van der Waals surface area contributed by atoms with E-state index >= 15 is 0 Å². The lowest BCUT2D eigenvalue weighted by molar-refractivity contribution is -0.144. The highest BCUT2D eigenvalue weighted by molar-refractivity contribution is 5.76. The highest BCUT2D eigenvalue weighted by Crippen LogP contribution is 2.26. The van der Waals surface area contributed by atoms with E-state index in [-0.39, 0.29) is 0 Å². The summed E-state index contributed by atoms with van der Waals surface area (Å²) in [7, 11) is 2.07. The SMILES string of the molecule is Cc1ccc(C)c(C(C(=O)O)N2CCN(C)CC2)c1. The first-order chi connectivity index (χ1) is 8.99. The van der Waals surface area contributed by atoms with Crippen LogP contribution in [-0.4, -0.2) is 54.1 Å². The van der Waals surface area contributed by atoms with Crippen molar-refractivity contribution in [1.82, 2.24) is 9.80 Å². The van der Waals surface area contributed by atoms with Crippen LogP contribution < -0.4 is 0 Å². The number of hydrogen-bond acceptors (Lipinski definition) is 3. The van der Waals surface area contributed by atoms with Crippen LogP contribution in [-0.2, 0) is 4.79 Å². The molecule has 1 aromatic rings. The lowest BCUT2D eigenvalue weighted by Gasteiger charge is -2.36. The Morgan fingerprint density at radius 1 is 1.21 bits per heavy atom. The second-order valence-electron chi connectivity index (χ2n) is 5.44. The monoisotopic (exact) mass is 262 g/mol. The Morgan fingerprint density at radius 2 is 1.84 bits per heavy atom. The van der Waals surface area contributed by atoms with E-state index in [1.165, 1.54) is 0 Å². The number of benzene rings is 1. The zero-order chi connectivity index (χ0) is 14.0. The molecular formula is C15H22N2O2. The van der Waals surface area contributed by atoms with Crippen LogP contribution in [0.5, 0.6) is 0 Å². The van der Waals surface area contributed by atoms with Crippen molar-refractivity contribution in [1.29, 1.82) is 0 Å². The van der Waals surface area contributed by atoms with E-state index in [4.69, 9.17) is 0 Å². The number of likely N-dealkylation sites (N-methyl/N-ethyl adjacent to an activating group) is 1. The minimum absolute atomic E-state index is 0.520. The van der Waals surface area contributed by atoms with Crippen LogP contribution in [0.2, 0.25) is 0 Å². The molecule has 2 rings (SSSR count). The highest BCUT2D eigenvalue weighted by Gasteiger charge is 2.30. The average molecular weight is 262 g/mol. The third-order valence-corrected chi connectivity index (χ3v) is 3.87. The van der Waals surface area contributed by atoms with Gasteiger partial charge in [0.1, 0.15) is 6.04 Å². The number of nitrogens with zero attached hydrogens (tertiary/aromatic N) is 2. The molecule has 1 heterocycles. The van der Waals surface area contributed by atoms with Gasteiger partial charge in [-0.05, 0) is 32.0 Å². The molecule has 4 heteroatoms. The van der Waals surface area contributed by atoms with Gasteiger partial charge in [0.05, 0.1) is 0 Å². The normalized spacial score (nSPS) is 19.3. The Balaban J connectivity index is 2.30. The first-order valence-electron chi connectivity index (χ1n) is 6.71. The van der Waals surface area contributed by atoms with Crippen LogP contribution in [0.1, 0.15) is 22.7 Å². The quantitative estimate of drug-likeness (QED) is 0.900. The standard InChI is InChI=1S/C15H22N2O2/c1-11-4-5-12(2)13(10-11)14(15(18)19)17-8-6-16(3)7-9-17/h4-5,10,14H,6-9H2,1-3H3,(H,18,19). The van der Waals surface area contributed by atoms with E-state index in [2.05, 4.69) is 16.8 Å². The van der Waals surface area contributed by atoms with Crippen LogP contribution in [0.15, 0.2) is 18.2 Å². The Morgan fingerprint density at radius 3 is 2.42 bits per heavy atom. The molecule has 0 spiro atoms. The fourth-order valence-electron chi connectivity index (χ4n) is 2.62. The van der Waals surface area contributed by atoms with Gasteiger partial charge in [-0.2, -0.15) is 0 Å². The van der Waals surface area contributed by atoms with Crippen LogP contribution in [0.3, 0.4) is 0 Å². The van der Waals surface area contributed by atoms with E-state index in [1.54, 1.807) is 0 Å². The minimum atomic E-state index is -0.752. The maximum absolute atomic E-state index is 11.7. The number of carboxylic acid groups (broad SMARTS) is 1. The third kappa shape index (κ3) is 3.14. The molecule has 1 aliphatic heterocycles. The molecular weight excluding hydrogens is 240 g/mol. The van der Waals surface area contributed by atoms with Crippen LogP contribution >= 0.6 is 0 Å². The molecule has 0 radical (unpaired) electrons. The number of hydrogen-bond donors (Lipinski definition) is 1. The predicted octanol–water partition coefficient (Wildman–Crippen LogP) is 1.68. The summed E-state index contributed by atoms with van der Waals surface area (Å²) in [5.74, 6) is -0.752. The summed E-state index contributed by atoms with van der Waals surface area (Å²) in [5, 5.41) is 9.60. The van der Waals surface area contributed by atoms with E-state index in [1.807, 2.05) is 32.0 Å². The van der Waals surface area contributed by atoms with Gasteiger partial charge in [-0.1, -0.05) is 23.8 Å². The molecule has 0 aromatic heterocycles. The average Bonchev–Trinajstić information content (AvgIpc) is 2.36. The van der Waals surface area contributed by atoms with E-state index in [9.17, 15) is 9.90 Å². The van der Waals surface area contributed by atoms with Gasteiger partial charge in [0.15, 0.2) is 0 Å². The van der Waals surface area contributed by atoms with Crippen molar-refractivity contribution in [2.24, 2.45) is 0 Å². The van der Waals surface area contributed by atoms with E-state index in [0.29, 0.717) is 0 Å². The maximum Gasteiger partial charge on any atom is 0.325 e. The van der Waals surface area contributed by atoms with Gasteiger partial charge in [-0.3, -0.25) is 9.69 Å². The van der Waals surface area contributed by atoms with Crippen LogP contribution in [0, 0.1) is 13.8 Å². The fourth-order valence-corrected chi connectivity index (χ4v) is 2.62.